The van der Waals surface area contributed by atoms with Gasteiger partial charge in [0.05, 0.1) is 6.04 Å². The molecule has 2 aromatic rings. The van der Waals surface area contributed by atoms with E-state index in [0.29, 0.717) is 21.7 Å². The van der Waals surface area contributed by atoms with Crippen molar-refractivity contribution >= 4 is 11.6 Å². The highest BCUT2D eigenvalue weighted by Gasteiger charge is 2.17. The third-order valence-corrected chi connectivity index (χ3v) is 3.19. The summed E-state index contributed by atoms with van der Waals surface area (Å²) < 4.78 is 27.1. The van der Waals surface area contributed by atoms with Gasteiger partial charge >= 0.3 is 0 Å². The first kappa shape index (κ1) is 13.0. The van der Waals surface area contributed by atoms with Crippen LogP contribution in [-0.4, -0.2) is 0 Å². The Labute approximate surface area is 109 Å². The average molecular weight is 268 g/mol. The van der Waals surface area contributed by atoms with E-state index in [9.17, 15) is 8.78 Å². The topological polar surface area (TPSA) is 26.0 Å². The molecule has 0 aliphatic heterocycles. The Morgan fingerprint density at radius 2 is 1.83 bits per heavy atom. The van der Waals surface area contributed by atoms with Gasteiger partial charge in [0.2, 0.25) is 0 Å². The standard InChI is InChI=1S/C14H12ClF2N/c1-8-3-2-4-10(13(8)17)14(18)11-7-9(16)5-6-12(11)15/h2-7,14H,18H2,1H3. The number of hydrogen-bond acceptors (Lipinski definition) is 1. The van der Waals surface area contributed by atoms with Crippen molar-refractivity contribution in [2.45, 2.75) is 13.0 Å². The van der Waals surface area contributed by atoms with Crippen molar-refractivity contribution in [3.63, 3.8) is 0 Å². The van der Waals surface area contributed by atoms with E-state index >= 15 is 0 Å². The first-order chi connectivity index (χ1) is 8.50. The second-order valence-electron chi connectivity index (χ2n) is 4.12. The summed E-state index contributed by atoms with van der Waals surface area (Å²) in [6, 6.07) is 8.04. The van der Waals surface area contributed by atoms with Crippen LogP contribution >= 0.6 is 11.6 Å². The number of benzene rings is 2. The van der Waals surface area contributed by atoms with Crippen LogP contribution in [0.2, 0.25) is 5.02 Å². The lowest BCUT2D eigenvalue weighted by Gasteiger charge is -2.16. The first-order valence-electron chi connectivity index (χ1n) is 5.46. The molecule has 18 heavy (non-hydrogen) atoms. The number of halogens is 3. The predicted octanol–water partition coefficient (Wildman–Crippen LogP) is 3.97. The number of hydrogen-bond donors (Lipinski definition) is 1. The maximum Gasteiger partial charge on any atom is 0.131 e. The fourth-order valence-corrected chi connectivity index (χ4v) is 2.07. The van der Waals surface area contributed by atoms with Crippen LogP contribution < -0.4 is 5.73 Å². The van der Waals surface area contributed by atoms with Crippen molar-refractivity contribution in [2.24, 2.45) is 5.73 Å². The molecular formula is C14H12ClF2N. The van der Waals surface area contributed by atoms with Gasteiger partial charge in [-0.15, -0.1) is 0 Å². The highest BCUT2D eigenvalue weighted by molar-refractivity contribution is 6.31. The molecule has 0 amide bonds. The predicted molar refractivity (Wildman–Crippen MR) is 68.6 cm³/mol. The Balaban J connectivity index is 2.51. The van der Waals surface area contributed by atoms with Crippen LogP contribution in [0.1, 0.15) is 22.7 Å². The second-order valence-corrected chi connectivity index (χ2v) is 4.53. The van der Waals surface area contributed by atoms with Crippen LogP contribution in [0.15, 0.2) is 36.4 Å². The van der Waals surface area contributed by atoms with Crippen LogP contribution in [0, 0.1) is 18.6 Å². The van der Waals surface area contributed by atoms with E-state index in [-0.39, 0.29) is 5.82 Å². The largest absolute Gasteiger partial charge is 0.320 e. The molecule has 2 rings (SSSR count). The molecule has 0 heterocycles. The van der Waals surface area contributed by atoms with Crippen LogP contribution in [0.5, 0.6) is 0 Å². The maximum absolute atomic E-state index is 14.0. The van der Waals surface area contributed by atoms with Crippen LogP contribution in [-0.2, 0) is 0 Å². The Morgan fingerprint density at radius 1 is 1.11 bits per heavy atom. The molecule has 94 valence electrons. The summed E-state index contributed by atoms with van der Waals surface area (Å²) >= 11 is 5.96. The quantitative estimate of drug-likeness (QED) is 0.875. The van der Waals surface area contributed by atoms with Crippen molar-refractivity contribution in [3.8, 4) is 0 Å². The third kappa shape index (κ3) is 2.37. The van der Waals surface area contributed by atoms with Gasteiger partial charge in [0.15, 0.2) is 0 Å². The van der Waals surface area contributed by atoms with Crippen LogP contribution in [0.4, 0.5) is 8.78 Å². The summed E-state index contributed by atoms with van der Waals surface area (Å²) in [5.74, 6) is -0.830. The van der Waals surface area contributed by atoms with Gasteiger partial charge in [-0.25, -0.2) is 8.78 Å². The van der Waals surface area contributed by atoms with Crippen molar-refractivity contribution in [2.75, 3.05) is 0 Å². The molecule has 0 saturated carbocycles. The molecular weight excluding hydrogens is 256 g/mol. The summed E-state index contributed by atoms with van der Waals surface area (Å²) in [4.78, 5) is 0. The highest BCUT2D eigenvalue weighted by atomic mass is 35.5. The molecule has 0 spiro atoms. The molecule has 1 nitrogen and oxygen atoms in total. The molecule has 1 atom stereocenters. The molecule has 0 aliphatic rings. The van der Waals surface area contributed by atoms with Gasteiger partial charge in [0.25, 0.3) is 0 Å². The van der Waals surface area contributed by atoms with Crippen molar-refractivity contribution in [1.29, 1.82) is 0 Å². The lowest BCUT2D eigenvalue weighted by Crippen LogP contribution is -2.15. The minimum atomic E-state index is -0.784. The van der Waals surface area contributed by atoms with Gasteiger partial charge in [0.1, 0.15) is 11.6 Å². The van der Waals surface area contributed by atoms with E-state index in [1.165, 1.54) is 18.2 Å². The minimum Gasteiger partial charge on any atom is -0.320 e. The first-order valence-corrected chi connectivity index (χ1v) is 5.84. The molecule has 2 N–H and O–H groups in total. The minimum absolute atomic E-state index is 0.308. The van der Waals surface area contributed by atoms with Gasteiger partial charge in [-0.1, -0.05) is 29.8 Å². The van der Waals surface area contributed by atoms with E-state index in [4.69, 9.17) is 17.3 Å². The summed E-state index contributed by atoms with van der Waals surface area (Å²) in [5.41, 5.74) is 7.14. The summed E-state index contributed by atoms with van der Waals surface area (Å²) in [6.07, 6.45) is 0. The zero-order chi connectivity index (χ0) is 13.3. The Kier molecular flexibility index (Phi) is 3.64. The van der Waals surface area contributed by atoms with Gasteiger partial charge in [-0.2, -0.15) is 0 Å². The van der Waals surface area contributed by atoms with Crippen LogP contribution in [0.25, 0.3) is 0 Å². The maximum atomic E-state index is 14.0. The molecule has 0 fully saturated rings. The van der Waals surface area contributed by atoms with E-state index in [1.54, 1.807) is 25.1 Å². The Bertz CT molecular complexity index is 582. The van der Waals surface area contributed by atoms with Crippen molar-refractivity contribution in [3.05, 3.63) is 69.7 Å². The monoisotopic (exact) mass is 267 g/mol. The Hall–Kier alpha value is -1.45. The summed E-state index contributed by atoms with van der Waals surface area (Å²) in [6.45, 7) is 1.65. The second kappa shape index (κ2) is 5.04. The number of aryl methyl sites for hydroxylation is 1. The van der Waals surface area contributed by atoms with E-state index in [2.05, 4.69) is 0 Å². The number of nitrogens with two attached hydrogens (primary N) is 1. The van der Waals surface area contributed by atoms with Gasteiger partial charge in [0, 0.05) is 10.6 Å². The summed E-state index contributed by atoms with van der Waals surface area (Å²) in [5, 5.41) is 0.324. The molecule has 0 aliphatic carbocycles. The van der Waals surface area contributed by atoms with E-state index < -0.39 is 11.9 Å². The zero-order valence-electron chi connectivity index (χ0n) is 9.75. The average Bonchev–Trinajstić information content (AvgIpc) is 2.35. The lowest BCUT2D eigenvalue weighted by molar-refractivity contribution is 0.588. The summed E-state index contributed by atoms with van der Waals surface area (Å²) in [7, 11) is 0. The zero-order valence-corrected chi connectivity index (χ0v) is 10.5. The highest BCUT2D eigenvalue weighted by Crippen LogP contribution is 2.29. The SMILES string of the molecule is Cc1cccc(C(N)c2cc(F)ccc2Cl)c1F. The molecule has 1 unspecified atom stereocenters. The normalized spacial score (nSPS) is 12.5. The van der Waals surface area contributed by atoms with Crippen molar-refractivity contribution in [1.82, 2.24) is 0 Å². The lowest BCUT2D eigenvalue weighted by atomic mass is 9.97. The van der Waals surface area contributed by atoms with Crippen molar-refractivity contribution < 1.29 is 8.78 Å². The Morgan fingerprint density at radius 3 is 2.56 bits per heavy atom. The van der Waals surface area contributed by atoms with Gasteiger partial charge in [-0.3, -0.25) is 0 Å². The fourth-order valence-electron chi connectivity index (χ4n) is 1.83. The van der Waals surface area contributed by atoms with Gasteiger partial charge < -0.3 is 5.73 Å². The smallest absolute Gasteiger partial charge is 0.131 e. The molecule has 4 heteroatoms. The fraction of sp³-hybridized carbons (Fsp3) is 0.143. The molecule has 0 aromatic heterocycles. The molecule has 0 bridgehead atoms. The molecule has 0 radical (unpaired) electrons. The van der Waals surface area contributed by atoms with Gasteiger partial charge in [-0.05, 0) is 36.2 Å². The molecule has 0 saturated heterocycles. The molecule has 2 aromatic carbocycles. The van der Waals surface area contributed by atoms with E-state index in [1.807, 2.05) is 0 Å². The van der Waals surface area contributed by atoms with E-state index in [0.717, 1.165) is 0 Å². The number of rotatable bonds is 2. The third-order valence-electron chi connectivity index (χ3n) is 2.85. The van der Waals surface area contributed by atoms with Crippen LogP contribution in [0.3, 0.4) is 0 Å².